The van der Waals surface area contributed by atoms with Gasteiger partial charge in [-0.1, -0.05) is 33.6 Å². The van der Waals surface area contributed by atoms with Gasteiger partial charge < -0.3 is 10.0 Å². The number of rotatable bonds is 9. The highest BCUT2D eigenvalue weighted by molar-refractivity contribution is 5.86. The normalized spacial score (nSPS) is 22.2. The maximum Gasteiger partial charge on any atom is 0.326 e. The molecule has 1 aliphatic heterocycles. The molecular weight excluding hydrogens is 300 g/mol. The molecule has 0 spiro atoms. The molecule has 0 aromatic rings. The third kappa shape index (κ3) is 5.20. The van der Waals surface area contributed by atoms with E-state index in [1.165, 1.54) is 4.90 Å². The van der Waals surface area contributed by atoms with Crippen LogP contribution in [0.25, 0.3) is 0 Å². The predicted octanol–water partition coefficient (Wildman–Crippen LogP) is 1.60. The predicted molar refractivity (Wildman–Crippen MR) is 83.7 cm³/mol. The van der Waals surface area contributed by atoms with Crippen LogP contribution in [0.5, 0.6) is 0 Å². The van der Waals surface area contributed by atoms with Gasteiger partial charge in [-0.15, -0.1) is 0 Å². The minimum atomic E-state index is -0.994. The van der Waals surface area contributed by atoms with E-state index in [0.29, 0.717) is 30.4 Å². The molecule has 1 fully saturated rings. The largest absolute Gasteiger partial charge is 0.480 e. The zero-order valence-electron chi connectivity index (χ0n) is 14.1. The first kappa shape index (κ1) is 19.4. The van der Waals surface area contributed by atoms with E-state index >= 15 is 0 Å². The van der Waals surface area contributed by atoms with Gasteiger partial charge in [0.05, 0.1) is 12.5 Å². The second-order valence-electron chi connectivity index (χ2n) is 6.65. The number of hydrogen-bond donors (Lipinski definition) is 2. The molecule has 7 nitrogen and oxygen atoms in total. The van der Waals surface area contributed by atoms with Crippen LogP contribution in [0.15, 0.2) is 0 Å². The Morgan fingerprint density at radius 1 is 1.39 bits per heavy atom. The molecule has 0 aromatic carbocycles. The highest BCUT2D eigenvalue weighted by Crippen LogP contribution is 2.31. The van der Waals surface area contributed by atoms with Gasteiger partial charge >= 0.3 is 5.97 Å². The van der Waals surface area contributed by atoms with Crippen LogP contribution in [-0.2, 0) is 14.4 Å². The number of amides is 2. The molecule has 7 heteroatoms. The van der Waals surface area contributed by atoms with Gasteiger partial charge in [-0.05, 0) is 24.7 Å². The fourth-order valence-corrected chi connectivity index (χ4v) is 3.08. The number of hydrogen-bond acceptors (Lipinski definition) is 4. The first-order valence-electron chi connectivity index (χ1n) is 8.25. The number of likely N-dealkylation sites (tertiary alicyclic amines) is 1. The summed E-state index contributed by atoms with van der Waals surface area (Å²) in [7, 11) is 0. The lowest BCUT2D eigenvalue weighted by Crippen LogP contribution is -2.46. The van der Waals surface area contributed by atoms with E-state index in [0.717, 1.165) is 12.8 Å². The molecular formula is C16H28N2O5. The van der Waals surface area contributed by atoms with Crippen molar-refractivity contribution >= 4 is 18.3 Å². The summed E-state index contributed by atoms with van der Waals surface area (Å²) >= 11 is 0. The summed E-state index contributed by atoms with van der Waals surface area (Å²) in [5.41, 5.74) is 0. The smallest absolute Gasteiger partial charge is 0.326 e. The van der Waals surface area contributed by atoms with Gasteiger partial charge in [-0.25, -0.2) is 9.86 Å². The van der Waals surface area contributed by atoms with Crippen molar-refractivity contribution in [1.29, 1.82) is 0 Å². The third-order valence-electron chi connectivity index (χ3n) is 4.63. The zero-order chi connectivity index (χ0) is 17.6. The standard InChI is InChI=1S/C16H28N2O5/c1-4-5-6-12(8-17(23)10-19)15(20)18-9-13(11(2)3)7-14(18)16(21)22/h10-14,23H,4-9H2,1-3H3,(H,21,22)/t12?,13-,14-/m0/s1. The number of hydroxylamine groups is 2. The molecule has 0 aromatic heterocycles. The van der Waals surface area contributed by atoms with E-state index < -0.39 is 17.9 Å². The van der Waals surface area contributed by atoms with Gasteiger partial charge in [0.15, 0.2) is 0 Å². The van der Waals surface area contributed by atoms with Crippen molar-refractivity contribution in [3.05, 3.63) is 0 Å². The quantitative estimate of drug-likeness (QED) is 0.380. The molecule has 2 N–H and O–H groups in total. The molecule has 132 valence electrons. The first-order chi connectivity index (χ1) is 10.8. The Morgan fingerprint density at radius 3 is 2.52 bits per heavy atom. The molecule has 1 rings (SSSR count). The van der Waals surface area contributed by atoms with Crippen LogP contribution < -0.4 is 0 Å². The highest BCUT2D eigenvalue weighted by atomic mass is 16.5. The number of aliphatic carboxylic acids is 1. The Balaban J connectivity index is 2.90. The number of nitrogens with zero attached hydrogens (tertiary/aromatic N) is 2. The average Bonchev–Trinajstić information content (AvgIpc) is 2.96. The van der Waals surface area contributed by atoms with Gasteiger partial charge in [0.2, 0.25) is 12.3 Å². The topological polar surface area (TPSA) is 98.2 Å². The SMILES string of the molecule is CCCCC(CN(O)C=O)C(=O)N1C[C@@H](C(C)C)C[C@H]1C(=O)O. The van der Waals surface area contributed by atoms with Crippen molar-refractivity contribution in [3.63, 3.8) is 0 Å². The van der Waals surface area contributed by atoms with Crippen molar-refractivity contribution in [3.8, 4) is 0 Å². The van der Waals surface area contributed by atoms with Gasteiger partial charge in [-0.3, -0.25) is 14.8 Å². The number of carboxylic acid groups (broad SMARTS) is 1. The van der Waals surface area contributed by atoms with E-state index in [-0.39, 0.29) is 24.8 Å². The molecule has 2 amide bonds. The summed E-state index contributed by atoms with van der Waals surface area (Å²) in [6, 6.07) is -0.817. The minimum Gasteiger partial charge on any atom is -0.480 e. The van der Waals surface area contributed by atoms with Crippen molar-refractivity contribution in [1.82, 2.24) is 9.96 Å². The zero-order valence-corrected chi connectivity index (χ0v) is 14.1. The molecule has 1 aliphatic rings. The van der Waals surface area contributed by atoms with Gasteiger partial charge in [0.1, 0.15) is 6.04 Å². The van der Waals surface area contributed by atoms with Gasteiger partial charge in [0.25, 0.3) is 0 Å². The molecule has 3 atom stereocenters. The molecule has 1 saturated heterocycles. The van der Waals surface area contributed by atoms with Gasteiger partial charge in [-0.2, -0.15) is 0 Å². The lowest BCUT2D eigenvalue weighted by atomic mass is 9.93. The Morgan fingerprint density at radius 2 is 2.04 bits per heavy atom. The van der Waals surface area contributed by atoms with Crippen LogP contribution in [0.1, 0.15) is 46.5 Å². The third-order valence-corrected chi connectivity index (χ3v) is 4.63. The van der Waals surface area contributed by atoms with Crippen LogP contribution in [0.2, 0.25) is 0 Å². The fourth-order valence-electron chi connectivity index (χ4n) is 3.08. The van der Waals surface area contributed by atoms with Crippen LogP contribution in [0.3, 0.4) is 0 Å². The molecule has 0 aliphatic carbocycles. The number of carbonyl (C=O) groups excluding carboxylic acids is 2. The Kier molecular flexibility index (Phi) is 7.48. The molecule has 0 saturated carbocycles. The minimum absolute atomic E-state index is 0.0997. The van der Waals surface area contributed by atoms with Crippen LogP contribution >= 0.6 is 0 Å². The second-order valence-corrected chi connectivity index (χ2v) is 6.65. The van der Waals surface area contributed by atoms with Crippen molar-refractivity contribution in [2.75, 3.05) is 13.1 Å². The molecule has 0 radical (unpaired) electrons. The van der Waals surface area contributed by atoms with E-state index in [1.54, 1.807) is 0 Å². The van der Waals surface area contributed by atoms with Gasteiger partial charge in [0, 0.05) is 6.54 Å². The fraction of sp³-hybridized carbons (Fsp3) is 0.812. The Bertz CT molecular complexity index is 427. The summed E-state index contributed by atoms with van der Waals surface area (Å²) in [5, 5.41) is 19.3. The maximum atomic E-state index is 12.8. The van der Waals surface area contributed by atoms with E-state index in [4.69, 9.17) is 0 Å². The number of unbranched alkanes of at least 4 members (excludes halogenated alkanes) is 1. The van der Waals surface area contributed by atoms with E-state index in [1.807, 2.05) is 20.8 Å². The molecule has 1 unspecified atom stereocenters. The van der Waals surface area contributed by atoms with Crippen LogP contribution in [0, 0.1) is 17.8 Å². The first-order valence-corrected chi connectivity index (χ1v) is 8.25. The average molecular weight is 328 g/mol. The summed E-state index contributed by atoms with van der Waals surface area (Å²) in [5.74, 6) is -1.39. The highest BCUT2D eigenvalue weighted by Gasteiger charge is 2.42. The number of carboxylic acids is 1. The second kappa shape index (κ2) is 8.86. The Hall–Kier alpha value is -1.63. The monoisotopic (exact) mass is 328 g/mol. The van der Waals surface area contributed by atoms with Crippen molar-refractivity contribution in [2.45, 2.75) is 52.5 Å². The van der Waals surface area contributed by atoms with E-state index in [2.05, 4.69) is 0 Å². The lowest BCUT2D eigenvalue weighted by molar-refractivity contribution is -0.159. The summed E-state index contributed by atoms with van der Waals surface area (Å²) in [6.45, 7) is 6.35. The Labute approximate surface area is 137 Å². The maximum absolute atomic E-state index is 12.8. The van der Waals surface area contributed by atoms with Crippen LogP contribution in [-0.4, -0.2) is 57.7 Å². The number of carbonyl (C=O) groups is 3. The van der Waals surface area contributed by atoms with E-state index in [9.17, 15) is 24.7 Å². The summed E-state index contributed by atoms with van der Waals surface area (Å²) in [4.78, 5) is 36.3. The molecule has 1 heterocycles. The molecule has 0 bridgehead atoms. The van der Waals surface area contributed by atoms with Crippen LogP contribution in [0.4, 0.5) is 0 Å². The summed E-state index contributed by atoms with van der Waals surface area (Å²) in [6.07, 6.45) is 2.91. The lowest BCUT2D eigenvalue weighted by Gasteiger charge is -2.28. The summed E-state index contributed by atoms with van der Waals surface area (Å²) < 4.78 is 0. The molecule has 23 heavy (non-hydrogen) atoms. The van der Waals surface area contributed by atoms with Crippen molar-refractivity contribution < 1.29 is 24.7 Å². The van der Waals surface area contributed by atoms with Crippen molar-refractivity contribution in [2.24, 2.45) is 17.8 Å².